The molecule has 3 aromatic carbocycles. The van der Waals surface area contributed by atoms with Gasteiger partial charge in [-0.2, -0.15) is 0 Å². The van der Waals surface area contributed by atoms with E-state index in [0.29, 0.717) is 23.7 Å². The molecule has 0 amide bonds. The van der Waals surface area contributed by atoms with E-state index in [2.05, 4.69) is 20.8 Å². The fourth-order valence-electron chi connectivity index (χ4n) is 5.61. The lowest BCUT2D eigenvalue weighted by Gasteiger charge is -2.34. The molecule has 39 heavy (non-hydrogen) atoms. The summed E-state index contributed by atoms with van der Waals surface area (Å²) in [5.41, 5.74) is 5.10. The number of carboxylic acid groups (broad SMARTS) is 1. The predicted molar refractivity (Wildman–Crippen MR) is 151 cm³/mol. The summed E-state index contributed by atoms with van der Waals surface area (Å²) in [6.07, 6.45) is 2.32. The number of carboxylic acids is 1. The molecule has 1 N–H and O–H groups in total. The first-order chi connectivity index (χ1) is 18.6. The molecule has 0 aliphatic heterocycles. The van der Waals surface area contributed by atoms with E-state index >= 15 is 4.39 Å². The maximum Gasteiger partial charge on any atom is 0.306 e. The molecule has 0 heterocycles. The van der Waals surface area contributed by atoms with Gasteiger partial charge in [0.2, 0.25) is 0 Å². The van der Waals surface area contributed by atoms with Gasteiger partial charge < -0.3 is 19.3 Å². The SMILES string of the molecule is CCC(C)(C)[C@@H](OC)c1cc(COc2ccc3c(c2)[C@H]([C@H](C)C(=O)O)CC3)ccc1-c1cc(OC)ccc1F. The van der Waals surface area contributed by atoms with Crippen LogP contribution < -0.4 is 9.47 Å². The van der Waals surface area contributed by atoms with Crippen molar-refractivity contribution < 1.29 is 28.5 Å². The van der Waals surface area contributed by atoms with Crippen LogP contribution in [0.3, 0.4) is 0 Å². The lowest BCUT2D eigenvalue weighted by Crippen LogP contribution is -2.24. The van der Waals surface area contributed by atoms with E-state index in [1.54, 1.807) is 33.3 Å². The Hall–Kier alpha value is -3.38. The zero-order valence-electron chi connectivity index (χ0n) is 23.7. The maximum atomic E-state index is 15.1. The second kappa shape index (κ2) is 11.8. The number of ether oxygens (including phenoxy) is 3. The first-order valence-corrected chi connectivity index (χ1v) is 13.6. The van der Waals surface area contributed by atoms with Gasteiger partial charge in [0.25, 0.3) is 0 Å². The summed E-state index contributed by atoms with van der Waals surface area (Å²) in [4.78, 5) is 11.6. The molecule has 3 atom stereocenters. The summed E-state index contributed by atoms with van der Waals surface area (Å²) in [5, 5.41) is 9.53. The summed E-state index contributed by atoms with van der Waals surface area (Å²) in [5.74, 6) is -0.263. The molecular weight excluding hydrogens is 495 g/mol. The van der Waals surface area contributed by atoms with E-state index in [4.69, 9.17) is 14.2 Å². The third-order valence-electron chi connectivity index (χ3n) is 8.36. The topological polar surface area (TPSA) is 65.0 Å². The van der Waals surface area contributed by atoms with Crippen molar-refractivity contribution in [3.63, 3.8) is 0 Å². The fourth-order valence-corrected chi connectivity index (χ4v) is 5.61. The minimum atomic E-state index is -0.776. The molecule has 3 aromatic rings. The monoisotopic (exact) mass is 534 g/mol. The summed E-state index contributed by atoms with van der Waals surface area (Å²) < 4.78 is 32.7. The van der Waals surface area contributed by atoms with E-state index in [9.17, 15) is 9.90 Å². The minimum absolute atomic E-state index is 0.0107. The quantitative estimate of drug-likeness (QED) is 0.270. The molecule has 0 bridgehead atoms. The Morgan fingerprint density at radius 1 is 1.05 bits per heavy atom. The molecule has 5 nitrogen and oxygen atoms in total. The van der Waals surface area contributed by atoms with Crippen molar-refractivity contribution in [3.05, 3.63) is 82.7 Å². The Bertz CT molecular complexity index is 1330. The highest BCUT2D eigenvalue weighted by molar-refractivity contribution is 5.72. The highest BCUT2D eigenvalue weighted by Gasteiger charge is 2.33. The smallest absolute Gasteiger partial charge is 0.306 e. The minimum Gasteiger partial charge on any atom is -0.497 e. The van der Waals surface area contributed by atoms with Crippen LogP contribution in [0.1, 0.15) is 74.8 Å². The number of rotatable bonds is 11. The van der Waals surface area contributed by atoms with Crippen LogP contribution in [-0.4, -0.2) is 25.3 Å². The second-order valence-electron chi connectivity index (χ2n) is 11.1. The summed E-state index contributed by atoms with van der Waals surface area (Å²) >= 11 is 0. The Kier molecular flexibility index (Phi) is 8.65. The average Bonchev–Trinajstić information content (AvgIpc) is 3.35. The zero-order valence-corrected chi connectivity index (χ0v) is 23.7. The lowest BCUT2D eigenvalue weighted by atomic mass is 9.77. The van der Waals surface area contributed by atoms with Crippen molar-refractivity contribution >= 4 is 5.97 Å². The van der Waals surface area contributed by atoms with Crippen molar-refractivity contribution in [2.45, 2.75) is 65.6 Å². The number of fused-ring (bicyclic) bond motifs is 1. The molecule has 0 spiro atoms. The Morgan fingerprint density at radius 3 is 2.46 bits per heavy atom. The first-order valence-electron chi connectivity index (χ1n) is 13.6. The van der Waals surface area contributed by atoms with Crippen molar-refractivity contribution in [3.8, 4) is 22.6 Å². The van der Waals surface area contributed by atoms with Gasteiger partial charge in [-0.3, -0.25) is 4.79 Å². The summed E-state index contributed by atoms with van der Waals surface area (Å²) in [6.45, 7) is 8.50. The zero-order chi connectivity index (χ0) is 28.3. The van der Waals surface area contributed by atoms with Gasteiger partial charge in [0.1, 0.15) is 23.9 Å². The molecule has 0 saturated heterocycles. The van der Waals surface area contributed by atoms with Gasteiger partial charge in [0, 0.05) is 12.7 Å². The Balaban J connectivity index is 1.68. The molecule has 1 aliphatic carbocycles. The molecule has 0 fully saturated rings. The maximum absolute atomic E-state index is 15.1. The van der Waals surface area contributed by atoms with Gasteiger partial charge in [-0.15, -0.1) is 0 Å². The van der Waals surface area contributed by atoms with E-state index in [-0.39, 0.29) is 23.3 Å². The highest BCUT2D eigenvalue weighted by atomic mass is 19.1. The molecule has 0 unspecified atom stereocenters. The van der Waals surface area contributed by atoms with Crippen LogP contribution in [-0.2, 0) is 22.6 Å². The third-order valence-corrected chi connectivity index (χ3v) is 8.36. The molecule has 208 valence electrons. The average molecular weight is 535 g/mol. The van der Waals surface area contributed by atoms with Gasteiger partial charge in [0.15, 0.2) is 0 Å². The number of aryl methyl sites for hydroxylation is 1. The predicted octanol–water partition coefficient (Wildman–Crippen LogP) is 7.95. The summed E-state index contributed by atoms with van der Waals surface area (Å²) in [6, 6.07) is 16.7. The van der Waals surface area contributed by atoms with E-state index in [0.717, 1.165) is 41.5 Å². The van der Waals surface area contributed by atoms with Crippen LogP contribution in [0, 0.1) is 17.2 Å². The second-order valence-corrected chi connectivity index (χ2v) is 11.1. The van der Waals surface area contributed by atoms with Gasteiger partial charge in [-0.1, -0.05) is 45.9 Å². The number of hydrogen-bond donors (Lipinski definition) is 1. The van der Waals surface area contributed by atoms with Gasteiger partial charge >= 0.3 is 5.97 Å². The van der Waals surface area contributed by atoms with E-state index in [1.165, 1.54) is 11.6 Å². The number of benzene rings is 3. The molecule has 6 heteroatoms. The number of hydrogen-bond acceptors (Lipinski definition) is 4. The number of carbonyl (C=O) groups is 1. The van der Waals surface area contributed by atoms with Crippen LogP contribution >= 0.6 is 0 Å². The van der Waals surface area contributed by atoms with Crippen molar-refractivity contribution in [2.75, 3.05) is 14.2 Å². The number of methoxy groups -OCH3 is 2. The highest BCUT2D eigenvalue weighted by Crippen LogP contribution is 2.44. The van der Waals surface area contributed by atoms with E-state index < -0.39 is 11.9 Å². The van der Waals surface area contributed by atoms with Crippen LogP contribution in [0.25, 0.3) is 11.1 Å². The Morgan fingerprint density at radius 2 is 1.79 bits per heavy atom. The van der Waals surface area contributed by atoms with Gasteiger partial charge in [-0.25, -0.2) is 4.39 Å². The standard InChI is InChI=1S/C33H39FO5/c1-7-33(3,4)31(38-6)29-16-21(8-13-26(29)28-17-23(37-5)12-15-30(28)34)19-39-24-11-9-22-10-14-25(27(22)18-24)20(2)32(35)36/h8-9,11-13,15-18,20,25,31H,7,10,14,19H2,1-6H3,(H,35,36)/t20-,25-,31-/m0/s1. The lowest BCUT2D eigenvalue weighted by molar-refractivity contribution is -0.141. The molecule has 0 saturated carbocycles. The molecule has 0 aromatic heterocycles. The first kappa shape index (κ1) is 28.6. The normalized spacial score (nSPS) is 16.4. The molecule has 1 aliphatic rings. The van der Waals surface area contributed by atoms with Crippen molar-refractivity contribution in [2.24, 2.45) is 11.3 Å². The van der Waals surface area contributed by atoms with Gasteiger partial charge in [0.05, 0.1) is 19.1 Å². The van der Waals surface area contributed by atoms with Crippen molar-refractivity contribution in [1.82, 2.24) is 0 Å². The largest absolute Gasteiger partial charge is 0.497 e. The third kappa shape index (κ3) is 5.96. The van der Waals surface area contributed by atoms with Gasteiger partial charge in [-0.05, 0) is 94.8 Å². The van der Waals surface area contributed by atoms with Crippen LogP contribution in [0.15, 0.2) is 54.6 Å². The van der Waals surface area contributed by atoms with Crippen LogP contribution in [0.2, 0.25) is 0 Å². The van der Waals surface area contributed by atoms with Crippen LogP contribution in [0.4, 0.5) is 4.39 Å². The fraction of sp³-hybridized carbons (Fsp3) is 0.424. The Labute approximate surface area is 230 Å². The summed E-state index contributed by atoms with van der Waals surface area (Å²) in [7, 11) is 3.26. The molecular formula is C33H39FO5. The number of aliphatic carboxylic acids is 1. The molecule has 4 rings (SSSR count). The van der Waals surface area contributed by atoms with Crippen LogP contribution in [0.5, 0.6) is 11.5 Å². The van der Waals surface area contributed by atoms with E-state index in [1.807, 2.05) is 36.4 Å². The van der Waals surface area contributed by atoms with Crippen molar-refractivity contribution in [1.29, 1.82) is 0 Å². The number of halogens is 1. The molecule has 0 radical (unpaired) electrons.